The lowest BCUT2D eigenvalue weighted by Gasteiger charge is -2.22. The van der Waals surface area contributed by atoms with Crippen LogP contribution in [0.1, 0.15) is 37.7 Å². The van der Waals surface area contributed by atoms with Crippen molar-refractivity contribution in [3.8, 4) is 5.75 Å². The molecule has 1 aliphatic rings. The third-order valence-corrected chi connectivity index (χ3v) is 3.77. The van der Waals surface area contributed by atoms with Crippen LogP contribution in [0.15, 0.2) is 42.0 Å². The number of nitrogens with one attached hydrogen (secondary N) is 2. The summed E-state index contributed by atoms with van der Waals surface area (Å²) in [6.07, 6.45) is 8.40. The summed E-state index contributed by atoms with van der Waals surface area (Å²) in [5, 5.41) is 6.55. The Balaban J connectivity index is 1.76. The van der Waals surface area contributed by atoms with Crippen molar-refractivity contribution in [2.24, 2.45) is 5.10 Å². The van der Waals surface area contributed by atoms with Crippen molar-refractivity contribution in [2.75, 3.05) is 6.61 Å². The van der Waals surface area contributed by atoms with Crippen LogP contribution in [0.5, 0.6) is 5.75 Å². The molecule has 0 aromatic heterocycles. The molecule has 2 rings (SSSR count). The highest BCUT2D eigenvalue weighted by atomic mass is 16.5. The van der Waals surface area contributed by atoms with E-state index in [2.05, 4.69) is 22.4 Å². The van der Waals surface area contributed by atoms with Crippen molar-refractivity contribution in [3.05, 3.63) is 42.5 Å². The number of nitrogens with zero attached hydrogens (tertiary/aromatic N) is 1. The van der Waals surface area contributed by atoms with Gasteiger partial charge >= 0.3 is 11.8 Å². The maximum atomic E-state index is 11.8. The summed E-state index contributed by atoms with van der Waals surface area (Å²) in [6.45, 7) is 4.03. The van der Waals surface area contributed by atoms with Gasteiger partial charge in [0.05, 0.1) is 6.21 Å². The fourth-order valence-corrected chi connectivity index (χ4v) is 2.52. The highest BCUT2D eigenvalue weighted by Gasteiger charge is 2.19. The van der Waals surface area contributed by atoms with Crippen molar-refractivity contribution in [1.29, 1.82) is 0 Å². The maximum absolute atomic E-state index is 11.8. The average molecular weight is 329 g/mol. The quantitative estimate of drug-likeness (QED) is 0.363. The zero-order valence-corrected chi connectivity index (χ0v) is 13.7. The Morgan fingerprint density at radius 3 is 2.54 bits per heavy atom. The molecule has 0 heterocycles. The number of benzene rings is 1. The number of amides is 2. The first-order chi connectivity index (χ1) is 11.7. The molecule has 128 valence electrons. The van der Waals surface area contributed by atoms with E-state index in [1.807, 2.05) is 0 Å². The summed E-state index contributed by atoms with van der Waals surface area (Å²) < 4.78 is 5.37. The average Bonchev–Trinajstić information content (AvgIpc) is 2.61. The molecule has 1 aliphatic carbocycles. The third-order valence-electron chi connectivity index (χ3n) is 3.77. The Morgan fingerprint density at radius 2 is 1.88 bits per heavy atom. The van der Waals surface area contributed by atoms with E-state index in [9.17, 15) is 9.59 Å². The van der Waals surface area contributed by atoms with Gasteiger partial charge in [-0.2, -0.15) is 5.10 Å². The van der Waals surface area contributed by atoms with E-state index in [1.165, 1.54) is 12.6 Å². The number of rotatable bonds is 6. The van der Waals surface area contributed by atoms with Crippen LogP contribution in [-0.2, 0) is 9.59 Å². The Labute approximate surface area is 142 Å². The number of ether oxygens (including phenoxy) is 1. The summed E-state index contributed by atoms with van der Waals surface area (Å²) >= 11 is 0. The van der Waals surface area contributed by atoms with E-state index in [1.54, 1.807) is 30.3 Å². The second-order valence-electron chi connectivity index (χ2n) is 5.68. The van der Waals surface area contributed by atoms with Crippen LogP contribution in [0.25, 0.3) is 0 Å². The SMILES string of the molecule is C=CCOc1ccc(/C=N\NC(=O)C(=O)NC2CCCCC2)cc1. The first-order valence-corrected chi connectivity index (χ1v) is 8.16. The second-order valence-corrected chi connectivity index (χ2v) is 5.68. The molecule has 0 radical (unpaired) electrons. The normalized spacial score (nSPS) is 15.0. The van der Waals surface area contributed by atoms with Gasteiger partial charge in [0.25, 0.3) is 0 Å². The summed E-state index contributed by atoms with van der Waals surface area (Å²) in [7, 11) is 0. The summed E-state index contributed by atoms with van der Waals surface area (Å²) in [5.41, 5.74) is 3.03. The molecule has 1 aromatic rings. The lowest BCUT2D eigenvalue weighted by atomic mass is 9.95. The molecule has 2 N–H and O–H groups in total. The molecule has 0 saturated heterocycles. The lowest BCUT2D eigenvalue weighted by Crippen LogP contribution is -2.44. The van der Waals surface area contributed by atoms with Crippen LogP contribution < -0.4 is 15.5 Å². The first-order valence-electron chi connectivity index (χ1n) is 8.16. The molecule has 0 spiro atoms. The van der Waals surface area contributed by atoms with Crippen LogP contribution in [-0.4, -0.2) is 30.7 Å². The molecular formula is C18H23N3O3. The predicted molar refractivity (Wildman–Crippen MR) is 92.9 cm³/mol. The monoisotopic (exact) mass is 329 g/mol. The maximum Gasteiger partial charge on any atom is 0.329 e. The third kappa shape index (κ3) is 5.87. The topological polar surface area (TPSA) is 79.8 Å². The van der Waals surface area contributed by atoms with Crippen LogP contribution in [0.2, 0.25) is 0 Å². The van der Waals surface area contributed by atoms with E-state index >= 15 is 0 Å². The van der Waals surface area contributed by atoms with Gasteiger partial charge in [0.1, 0.15) is 12.4 Å². The van der Waals surface area contributed by atoms with Crippen molar-refractivity contribution in [2.45, 2.75) is 38.1 Å². The van der Waals surface area contributed by atoms with Gasteiger partial charge in [0.15, 0.2) is 0 Å². The molecule has 6 nitrogen and oxygen atoms in total. The fourth-order valence-electron chi connectivity index (χ4n) is 2.52. The summed E-state index contributed by atoms with van der Waals surface area (Å²) in [6, 6.07) is 7.29. The minimum absolute atomic E-state index is 0.101. The molecule has 0 bridgehead atoms. The number of hydrogen-bond acceptors (Lipinski definition) is 4. The number of carbonyl (C=O) groups excluding carboxylic acids is 2. The Bertz CT molecular complexity index is 590. The second kappa shape index (κ2) is 9.50. The molecule has 1 aromatic carbocycles. The van der Waals surface area contributed by atoms with Crippen LogP contribution in [0, 0.1) is 0 Å². The van der Waals surface area contributed by atoms with E-state index in [0.29, 0.717) is 6.61 Å². The Hall–Kier alpha value is -2.63. The summed E-state index contributed by atoms with van der Waals surface area (Å²) in [5.74, 6) is -0.655. The standard InChI is InChI=1S/C18H23N3O3/c1-2-12-24-16-10-8-14(9-11-16)13-19-21-18(23)17(22)20-15-6-4-3-5-7-15/h2,8-11,13,15H,1,3-7,12H2,(H,20,22)(H,21,23)/b19-13-. The van der Waals surface area contributed by atoms with E-state index in [-0.39, 0.29) is 6.04 Å². The van der Waals surface area contributed by atoms with E-state index in [4.69, 9.17) is 4.74 Å². The van der Waals surface area contributed by atoms with Crippen molar-refractivity contribution in [3.63, 3.8) is 0 Å². The van der Waals surface area contributed by atoms with Gasteiger partial charge in [-0.15, -0.1) is 0 Å². The van der Waals surface area contributed by atoms with Crippen LogP contribution in [0.4, 0.5) is 0 Å². The van der Waals surface area contributed by atoms with Crippen LogP contribution in [0.3, 0.4) is 0 Å². The lowest BCUT2D eigenvalue weighted by molar-refractivity contribution is -0.139. The zero-order valence-electron chi connectivity index (χ0n) is 13.7. The Kier molecular flexibility index (Phi) is 7.01. The number of hydrogen-bond donors (Lipinski definition) is 2. The molecule has 0 unspecified atom stereocenters. The molecule has 6 heteroatoms. The summed E-state index contributed by atoms with van der Waals surface area (Å²) in [4.78, 5) is 23.5. The highest BCUT2D eigenvalue weighted by molar-refractivity contribution is 6.35. The van der Waals surface area contributed by atoms with E-state index in [0.717, 1.165) is 37.0 Å². The van der Waals surface area contributed by atoms with Crippen molar-refractivity contribution >= 4 is 18.0 Å². The Morgan fingerprint density at radius 1 is 1.17 bits per heavy atom. The van der Waals surface area contributed by atoms with Gasteiger partial charge in [-0.05, 0) is 42.7 Å². The van der Waals surface area contributed by atoms with Gasteiger partial charge < -0.3 is 10.1 Å². The molecule has 2 amide bonds. The molecule has 1 saturated carbocycles. The predicted octanol–water partition coefficient (Wildman–Crippen LogP) is 2.15. The molecule has 1 fully saturated rings. The van der Waals surface area contributed by atoms with Crippen molar-refractivity contribution in [1.82, 2.24) is 10.7 Å². The minimum Gasteiger partial charge on any atom is -0.490 e. The molecule has 24 heavy (non-hydrogen) atoms. The highest BCUT2D eigenvalue weighted by Crippen LogP contribution is 2.17. The van der Waals surface area contributed by atoms with Gasteiger partial charge in [0.2, 0.25) is 0 Å². The van der Waals surface area contributed by atoms with Gasteiger partial charge in [0, 0.05) is 6.04 Å². The van der Waals surface area contributed by atoms with Gasteiger partial charge in [-0.25, -0.2) is 5.43 Å². The smallest absolute Gasteiger partial charge is 0.329 e. The van der Waals surface area contributed by atoms with Gasteiger partial charge in [-0.1, -0.05) is 31.9 Å². The first kappa shape index (κ1) is 17.7. The minimum atomic E-state index is -0.747. The molecule has 0 atom stereocenters. The van der Waals surface area contributed by atoms with Crippen molar-refractivity contribution < 1.29 is 14.3 Å². The van der Waals surface area contributed by atoms with Gasteiger partial charge in [-0.3, -0.25) is 9.59 Å². The number of carbonyl (C=O) groups is 2. The zero-order chi connectivity index (χ0) is 17.2. The molecule has 0 aliphatic heterocycles. The van der Waals surface area contributed by atoms with E-state index < -0.39 is 11.8 Å². The largest absolute Gasteiger partial charge is 0.490 e. The fraction of sp³-hybridized carbons (Fsp3) is 0.389. The van der Waals surface area contributed by atoms with Crippen LogP contribution >= 0.6 is 0 Å². The number of hydrazone groups is 1. The molecular weight excluding hydrogens is 306 g/mol.